The van der Waals surface area contributed by atoms with Crippen LogP contribution in [0.3, 0.4) is 0 Å². The first-order valence-corrected chi connectivity index (χ1v) is 9.98. The van der Waals surface area contributed by atoms with Crippen molar-refractivity contribution >= 4 is 28.6 Å². The van der Waals surface area contributed by atoms with Crippen LogP contribution in [0.2, 0.25) is 0 Å². The molecule has 0 fully saturated rings. The van der Waals surface area contributed by atoms with E-state index in [0.717, 1.165) is 5.56 Å². The van der Waals surface area contributed by atoms with Crippen LogP contribution in [0.5, 0.6) is 0 Å². The number of halogens is 1. The molecule has 146 valence electrons. The van der Waals surface area contributed by atoms with Crippen LogP contribution in [0.4, 0.5) is 4.39 Å². The van der Waals surface area contributed by atoms with Crippen LogP contribution in [-0.2, 0) is 11.8 Å². The van der Waals surface area contributed by atoms with Crippen molar-refractivity contribution in [3.63, 3.8) is 0 Å². The molecule has 3 aromatic rings. The molecule has 0 spiro atoms. The minimum absolute atomic E-state index is 0.128. The van der Waals surface area contributed by atoms with E-state index in [9.17, 15) is 14.0 Å². The average Bonchev–Trinajstić information content (AvgIpc) is 2.68. The highest BCUT2D eigenvalue weighted by molar-refractivity contribution is 7.99. The summed E-state index contributed by atoms with van der Waals surface area (Å²) in [5.74, 6) is -0.210. The minimum Gasteiger partial charge on any atom is -0.348 e. The molecule has 5 nitrogen and oxygen atoms in total. The van der Waals surface area contributed by atoms with Crippen LogP contribution in [0.25, 0.3) is 10.9 Å². The first kappa shape index (κ1) is 20.1. The number of aromatic nitrogens is 2. The van der Waals surface area contributed by atoms with Gasteiger partial charge in [0.1, 0.15) is 5.82 Å². The van der Waals surface area contributed by atoms with Gasteiger partial charge >= 0.3 is 0 Å². The molecule has 1 atom stereocenters. The quantitative estimate of drug-likeness (QED) is 0.507. The largest absolute Gasteiger partial charge is 0.348 e. The maximum atomic E-state index is 13.2. The van der Waals surface area contributed by atoms with Gasteiger partial charge in [-0.15, -0.1) is 0 Å². The Bertz CT molecular complexity index is 1050. The summed E-state index contributed by atoms with van der Waals surface area (Å²) in [4.78, 5) is 29.5. The van der Waals surface area contributed by atoms with Crippen molar-refractivity contribution < 1.29 is 9.18 Å². The van der Waals surface area contributed by atoms with Crippen molar-refractivity contribution in [1.29, 1.82) is 0 Å². The van der Waals surface area contributed by atoms with E-state index in [1.54, 1.807) is 37.4 Å². The van der Waals surface area contributed by atoms with Gasteiger partial charge in [-0.1, -0.05) is 49.9 Å². The van der Waals surface area contributed by atoms with Gasteiger partial charge in [-0.3, -0.25) is 14.2 Å². The number of benzene rings is 2. The van der Waals surface area contributed by atoms with Gasteiger partial charge < -0.3 is 5.32 Å². The number of amides is 1. The fraction of sp³-hybridized carbons (Fsp3) is 0.286. The highest BCUT2D eigenvalue weighted by atomic mass is 32.2. The van der Waals surface area contributed by atoms with E-state index in [2.05, 4.69) is 10.3 Å². The minimum atomic E-state index is -0.309. The van der Waals surface area contributed by atoms with Crippen molar-refractivity contribution in [2.75, 3.05) is 5.75 Å². The molecule has 0 aliphatic heterocycles. The molecule has 0 aliphatic carbocycles. The maximum Gasteiger partial charge on any atom is 0.261 e. The normalized spacial score (nSPS) is 12.3. The number of thioether (sulfide) groups is 1. The molecule has 1 unspecified atom stereocenters. The van der Waals surface area contributed by atoms with E-state index in [1.165, 1.54) is 28.5 Å². The number of carbonyl (C=O) groups excluding carboxylic acids is 1. The van der Waals surface area contributed by atoms with Crippen LogP contribution in [0, 0.1) is 11.7 Å². The summed E-state index contributed by atoms with van der Waals surface area (Å²) < 4.78 is 14.6. The average molecular weight is 399 g/mol. The number of hydrogen-bond acceptors (Lipinski definition) is 4. The second-order valence-electron chi connectivity index (χ2n) is 6.91. The Morgan fingerprint density at radius 1 is 1.18 bits per heavy atom. The van der Waals surface area contributed by atoms with E-state index in [0.29, 0.717) is 16.1 Å². The van der Waals surface area contributed by atoms with Crippen LogP contribution < -0.4 is 10.9 Å². The van der Waals surface area contributed by atoms with Gasteiger partial charge in [0.2, 0.25) is 5.91 Å². The molecule has 1 amide bonds. The Morgan fingerprint density at radius 2 is 1.86 bits per heavy atom. The number of nitrogens with zero attached hydrogens (tertiary/aromatic N) is 2. The van der Waals surface area contributed by atoms with Gasteiger partial charge in [-0.25, -0.2) is 9.37 Å². The van der Waals surface area contributed by atoms with Gasteiger partial charge in [0.15, 0.2) is 5.16 Å². The van der Waals surface area contributed by atoms with Gasteiger partial charge in [-0.2, -0.15) is 0 Å². The number of nitrogens with one attached hydrogen (secondary N) is 1. The van der Waals surface area contributed by atoms with Crippen molar-refractivity contribution in [1.82, 2.24) is 14.9 Å². The zero-order valence-electron chi connectivity index (χ0n) is 16.0. The Kier molecular flexibility index (Phi) is 6.14. The van der Waals surface area contributed by atoms with E-state index in [-0.39, 0.29) is 35.0 Å². The van der Waals surface area contributed by atoms with E-state index < -0.39 is 0 Å². The lowest BCUT2D eigenvalue weighted by Gasteiger charge is -2.23. The van der Waals surface area contributed by atoms with E-state index in [4.69, 9.17) is 0 Å². The predicted octanol–water partition coefficient (Wildman–Crippen LogP) is 3.68. The summed E-state index contributed by atoms with van der Waals surface area (Å²) in [6.45, 7) is 3.99. The molecule has 1 aromatic heterocycles. The Balaban J connectivity index is 1.73. The molecule has 1 N–H and O–H groups in total. The zero-order valence-corrected chi connectivity index (χ0v) is 16.8. The number of rotatable bonds is 6. The summed E-state index contributed by atoms with van der Waals surface area (Å²) in [6.07, 6.45) is 0. The lowest BCUT2D eigenvalue weighted by Crippen LogP contribution is -2.33. The summed E-state index contributed by atoms with van der Waals surface area (Å²) in [5.41, 5.74) is 1.32. The second kappa shape index (κ2) is 8.56. The van der Waals surface area contributed by atoms with Gasteiger partial charge in [0.25, 0.3) is 5.56 Å². The second-order valence-corrected chi connectivity index (χ2v) is 7.85. The molecule has 0 saturated carbocycles. The maximum absolute atomic E-state index is 13.2. The molecule has 0 saturated heterocycles. The van der Waals surface area contributed by atoms with Crippen LogP contribution in [0.15, 0.2) is 58.5 Å². The predicted molar refractivity (Wildman–Crippen MR) is 110 cm³/mol. The molecule has 2 aromatic carbocycles. The highest BCUT2D eigenvalue weighted by Gasteiger charge is 2.19. The Hall–Kier alpha value is -2.67. The smallest absolute Gasteiger partial charge is 0.261 e. The third-order valence-electron chi connectivity index (χ3n) is 4.49. The number of hydrogen-bond donors (Lipinski definition) is 1. The number of carbonyl (C=O) groups is 1. The van der Waals surface area contributed by atoms with Crippen LogP contribution in [-0.4, -0.2) is 21.2 Å². The van der Waals surface area contributed by atoms with Crippen molar-refractivity contribution in [2.45, 2.75) is 25.0 Å². The molecule has 1 heterocycles. The number of fused-ring (bicyclic) bond motifs is 1. The molecule has 0 bridgehead atoms. The first-order valence-electron chi connectivity index (χ1n) is 9.00. The van der Waals surface area contributed by atoms with Gasteiger partial charge in [-0.05, 0) is 35.7 Å². The van der Waals surface area contributed by atoms with Crippen molar-refractivity contribution in [3.8, 4) is 0 Å². The van der Waals surface area contributed by atoms with Gasteiger partial charge in [0, 0.05) is 7.05 Å². The third-order valence-corrected chi connectivity index (χ3v) is 5.52. The molecular formula is C21H22FN3O2S. The topological polar surface area (TPSA) is 64.0 Å². The molecular weight excluding hydrogens is 377 g/mol. The fourth-order valence-corrected chi connectivity index (χ4v) is 3.76. The standard InChI is InChI=1S/C21H22FN3O2S/c1-13(2)19(14-8-10-15(22)11-9-14)24-18(26)12-28-21-23-17-7-5-4-6-16(17)20(27)25(21)3/h4-11,13,19H,12H2,1-3H3,(H,24,26). The summed E-state index contributed by atoms with van der Waals surface area (Å²) in [5, 5.41) is 4.03. The SMILES string of the molecule is CC(C)C(NC(=O)CSc1nc2ccccc2c(=O)n1C)c1ccc(F)cc1. The van der Waals surface area contributed by atoms with E-state index >= 15 is 0 Å². The van der Waals surface area contributed by atoms with Crippen LogP contribution in [0.1, 0.15) is 25.5 Å². The Morgan fingerprint density at radius 3 is 2.54 bits per heavy atom. The van der Waals surface area contributed by atoms with Crippen molar-refractivity contribution in [3.05, 3.63) is 70.3 Å². The lowest BCUT2D eigenvalue weighted by atomic mass is 9.96. The summed E-state index contributed by atoms with van der Waals surface area (Å²) >= 11 is 1.22. The monoisotopic (exact) mass is 399 g/mol. The fourth-order valence-electron chi connectivity index (χ4n) is 2.98. The lowest BCUT2D eigenvalue weighted by molar-refractivity contribution is -0.119. The molecule has 0 aliphatic rings. The van der Waals surface area contributed by atoms with Gasteiger partial charge in [0.05, 0.1) is 22.7 Å². The van der Waals surface area contributed by atoms with Crippen molar-refractivity contribution in [2.24, 2.45) is 13.0 Å². The number of para-hydroxylation sites is 1. The molecule has 0 radical (unpaired) electrons. The molecule has 3 rings (SSSR count). The van der Waals surface area contributed by atoms with Crippen LogP contribution >= 0.6 is 11.8 Å². The highest BCUT2D eigenvalue weighted by Crippen LogP contribution is 2.23. The summed E-state index contributed by atoms with van der Waals surface area (Å²) in [6, 6.07) is 13.1. The zero-order chi connectivity index (χ0) is 20.3. The molecule has 28 heavy (non-hydrogen) atoms. The summed E-state index contributed by atoms with van der Waals surface area (Å²) in [7, 11) is 1.65. The van der Waals surface area contributed by atoms with E-state index in [1.807, 2.05) is 19.9 Å². The molecule has 7 heteroatoms. The Labute approximate surface area is 167 Å². The third kappa shape index (κ3) is 4.42. The first-order chi connectivity index (χ1) is 13.4.